The predicted octanol–water partition coefficient (Wildman–Crippen LogP) is 1.01. The van der Waals surface area contributed by atoms with Crippen LogP contribution in [0.3, 0.4) is 0 Å². The molecule has 0 aliphatic heterocycles. The number of carbonyl (C=O) groups excluding carboxylic acids is 2. The van der Waals surface area contributed by atoms with Crippen LogP contribution in [0, 0.1) is 11.3 Å². The Morgan fingerprint density at radius 3 is 2.60 bits per heavy atom. The van der Waals surface area contributed by atoms with E-state index in [4.69, 9.17) is 10.00 Å². The Balaban J connectivity index is 2.19. The number of nitrogens with one attached hydrogen (secondary N) is 1. The minimum absolute atomic E-state index is 0.107. The quantitative estimate of drug-likeness (QED) is 0.593. The average Bonchev–Trinajstić information content (AvgIpc) is 2.49. The van der Waals surface area contributed by atoms with Crippen LogP contribution in [0.25, 0.3) is 0 Å². The molecule has 0 aliphatic carbocycles. The first-order valence-corrected chi connectivity index (χ1v) is 6.12. The molecule has 0 atom stereocenters. The van der Waals surface area contributed by atoms with Gasteiger partial charge in [-0.3, -0.25) is 9.59 Å². The SMILES string of the molecule is COC(=O)CCCNC(=O)COc1ccc(C#N)cc1. The van der Waals surface area contributed by atoms with Gasteiger partial charge in [-0.1, -0.05) is 0 Å². The highest BCUT2D eigenvalue weighted by Gasteiger charge is 2.04. The monoisotopic (exact) mass is 276 g/mol. The number of hydrogen-bond acceptors (Lipinski definition) is 5. The second-order valence-corrected chi connectivity index (χ2v) is 3.95. The first-order chi connectivity index (χ1) is 9.65. The highest BCUT2D eigenvalue weighted by molar-refractivity contribution is 5.77. The Hall–Kier alpha value is -2.55. The summed E-state index contributed by atoms with van der Waals surface area (Å²) in [5, 5.41) is 11.3. The minimum atomic E-state index is -0.298. The van der Waals surface area contributed by atoms with Gasteiger partial charge in [0.2, 0.25) is 0 Å². The number of nitriles is 1. The molecular weight excluding hydrogens is 260 g/mol. The van der Waals surface area contributed by atoms with Crippen LogP contribution in [0.5, 0.6) is 5.75 Å². The van der Waals surface area contributed by atoms with Crippen molar-refractivity contribution in [1.82, 2.24) is 5.32 Å². The lowest BCUT2D eigenvalue weighted by Crippen LogP contribution is -2.30. The number of methoxy groups -OCH3 is 1. The van der Waals surface area contributed by atoms with Crippen molar-refractivity contribution in [2.24, 2.45) is 0 Å². The van der Waals surface area contributed by atoms with Crippen molar-refractivity contribution in [1.29, 1.82) is 5.26 Å². The molecule has 6 nitrogen and oxygen atoms in total. The summed E-state index contributed by atoms with van der Waals surface area (Å²) in [6.07, 6.45) is 0.794. The van der Waals surface area contributed by atoms with E-state index in [9.17, 15) is 9.59 Å². The number of benzene rings is 1. The number of hydrogen-bond donors (Lipinski definition) is 1. The first kappa shape index (κ1) is 15.5. The van der Waals surface area contributed by atoms with Crippen molar-refractivity contribution in [2.75, 3.05) is 20.3 Å². The zero-order valence-corrected chi connectivity index (χ0v) is 11.2. The summed E-state index contributed by atoms with van der Waals surface area (Å²) in [5.41, 5.74) is 0.532. The maximum absolute atomic E-state index is 11.4. The average molecular weight is 276 g/mol. The maximum atomic E-state index is 11.4. The van der Waals surface area contributed by atoms with Gasteiger partial charge in [0.1, 0.15) is 5.75 Å². The van der Waals surface area contributed by atoms with Gasteiger partial charge in [-0.05, 0) is 30.7 Å². The molecule has 0 bridgehead atoms. The summed E-state index contributed by atoms with van der Waals surface area (Å²) in [7, 11) is 1.33. The van der Waals surface area contributed by atoms with Crippen LogP contribution in [0.2, 0.25) is 0 Å². The van der Waals surface area contributed by atoms with Gasteiger partial charge in [0.05, 0.1) is 18.7 Å². The molecule has 0 fully saturated rings. The van der Waals surface area contributed by atoms with Crippen LogP contribution in [0.1, 0.15) is 18.4 Å². The van der Waals surface area contributed by atoms with E-state index < -0.39 is 0 Å². The summed E-state index contributed by atoms with van der Waals surface area (Å²) in [5.74, 6) is -0.0407. The molecule has 0 aliphatic rings. The summed E-state index contributed by atoms with van der Waals surface area (Å²) >= 11 is 0. The van der Waals surface area contributed by atoms with Crippen LogP contribution >= 0.6 is 0 Å². The van der Waals surface area contributed by atoms with Crippen LogP contribution in [-0.4, -0.2) is 32.1 Å². The minimum Gasteiger partial charge on any atom is -0.484 e. The Labute approximate surface area is 117 Å². The Morgan fingerprint density at radius 2 is 2.00 bits per heavy atom. The lowest BCUT2D eigenvalue weighted by atomic mass is 10.2. The van der Waals surface area contributed by atoms with Crippen LogP contribution in [-0.2, 0) is 14.3 Å². The van der Waals surface area contributed by atoms with Crippen molar-refractivity contribution < 1.29 is 19.1 Å². The van der Waals surface area contributed by atoms with Crippen molar-refractivity contribution in [3.8, 4) is 11.8 Å². The number of carbonyl (C=O) groups is 2. The third kappa shape index (κ3) is 5.87. The summed E-state index contributed by atoms with van der Waals surface area (Å²) in [6, 6.07) is 8.48. The standard InChI is InChI=1S/C14H16N2O4/c1-19-14(18)3-2-8-16-13(17)10-20-12-6-4-11(9-15)5-7-12/h4-7H,2-3,8,10H2,1H3,(H,16,17). The molecule has 0 saturated heterocycles. The second kappa shape index (κ2) is 8.53. The highest BCUT2D eigenvalue weighted by atomic mass is 16.5. The molecule has 20 heavy (non-hydrogen) atoms. The fourth-order valence-corrected chi connectivity index (χ4v) is 1.39. The molecule has 1 amide bonds. The summed E-state index contributed by atoms with van der Waals surface area (Å²) in [4.78, 5) is 22.3. The molecule has 1 aromatic carbocycles. The van der Waals surface area contributed by atoms with Crippen LogP contribution in [0.4, 0.5) is 0 Å². The van der Waals surface area contributed by atoms with Crippen molar-refractivity contribution in [3.05, 3.63) is 29.8 Å². The summed E-state index contributed by atoms with van der Waals surface area (Å²) in [6.45, 7) is 0.286. The van der Waals surface area contributed by atoms with Gasteiger partial charge >= 0.3 is 5.97 Å². The van der Waals surface area contributed by atoms with E-state index in [1.165, 1.54) is 7.11 Å². The molecule has 1 N–H and O–H groups in total. The Kier molecular flexibility index (Phi) is 6.62. The molecule has 6 heteroatoms. The lowest BCUT2D eigenvalue weighted by Gasteiger charge is -2.07. The van der Waals surface area contributed by atoms with Crippen molar-refractivity contribution >= 4 is 11.9 Å². The third-order valence-corrected chi connectivity index (χ3v) is 2.46. The molecule has 0 spiro atoms. The van der Waals surface area contributed by atoms with Crippen molar-refractivity contribution in [2.45, 2.75) is 12.8 Å². The van der Waals surface area contributed by atoms with Gasteiger partial charge < -0.3 is 14.8 Å². The molecule has 0 aromatic heterocycles. The molecule has 0 heterocycles. The van der Waals surface area contributed by atoms with Crippen LogP contribution in [0.15, 0.2) is 24.3 Å². The smallest absolute Gasteiger partial charge is 0.305 e. The number of rotatable bonds is 7. The molecule has 0 unspecified atom stereocenters. The molecule has 0 saturated carbocycles. The normalized spacial score (nSPS) is 9.40. The van der Waals surface area contributed by atoms with Gasteiger partial charge in [-0.2, -0.15) is 5.26 Å². The van der Waals surface area contributed by atoms with E-state index in [1.807, 2.05) is 6.07 Å². The Bertz CT molecular complexity index is 491. The van der Waals surface area contributed by atoms with Gasteiger partial charge in [0, 0.05) is 13.0 Å². The largest absolute Gasteiger partial charge is 0.484 e. The van der Waals surface area contributed by atoms with E-state index in [0.717, 1.165) is 0 Å². The zero-order valence-electron chi connectivity index (χ0n) is 11.2. The number of ether oxygens (including phenoxy) is 2. The van der Waals surface area contributed by atoms with E-state index in [2.05, 4.69) is 10.1 Å². The molecular formula is C14H16N2O4. The van der Waals surface area contributed by atoms with E-state index >= 15 is 0 Å². The summed E-state index contributed by atoms with van der Waals surface area (Å²) < 4.78 is 9.74. The zero-order chi connectivity index (χ0) is 14.8. The number of amides is 1. The van der Waals surface area contributed by atoms with Gasteiger partial charge in [-0.25, -0.2) is 0 Å². The second-order valence-electron chi connectivity index (χ2n) is 3.95. The van der Waals surface area contributed by atoms with Crippen LogP contribution < -0.4 is 10.1 Å². The highest BCUT2D eigenvalue weighted by Crippen LogP contribution is 2.11. The number of nitrogens with zero attached hydrogens (tertiary/aromatic N) is 1. The van der Waals surface area contributed by atoms with E-state index in [-0.39, 0.29) is 24.9 Å². The maximum Gasteiger partial charge on any atom is 0.305 e. The van der Waals surface area contributed by atoms with E-state index in [0.29, 0.717) is 24.3 Å². The first-order valence-electron chi connectivity index (χ1n) is 6.12. The molecule has 106 valence electrons. The lowest BCUT2D eigenvalue weighted by molar-refractivity contribution is -0.140. The van der Waals surface area contributed by atoms with E-state index in [1.54, 1.807) is 24.3 Å². The third-order valence-electron chi connectivity index (χ3n) is 2.46. The number of esters is 1. The van der Waals surface area contributed by atoms with Crippen molar-refractivity contribution in [3.63, 3.8) is 0 Å². The fourth-order valence-electron chi connectivity index (χ4n) is 1.39. The predicted molar refractivity (Wildman–Crippen MR) is 70.9 cm³/mol. The topological polar surface area (TPSA) is 88.4 Å². The van der Waals surface area contributed by atoms with Gasteiger partial charge in [0.25, 0.3) is 5.91 Å². The molecule has 1 rings (SSSR count). The van der Waals surface area contributed by atoms with Gasteiger partial charge in [-0.15, -0.1) is 0 Å². The van der Waals surface area contributed by atoms with Gasteiger partial charge in [0.15, 0.2) is 6.61 Å². The Morgan fingerprint density at radius 1 is 1.30 bits per heavy atom. The molecule has 1 aromatic rings. The molecule has 0 radical (unpaired) electrons. The fraction of sp³-hybridized carbons (Fsp3) is 0.357.